The standard InChI is InChI=1S/C13H18ClN3O/c14-7-1-4-12(18)10(5-7)13-9-3-2-8(15)6-11(9)16-17-13/h1,4-5,8-9,11,13,16-18H,2-3,6,15H2. The van der Waals surface area contributed by atoms with Gasteiger partial charge in [-0.2, -0.15) is 0 Å². The third-order valence-electron chi connectivity index (χ3n) is 4.12. The quantitative estimate of drug-likeness (QED) is 0.625. The first-order valence-electron chi connectivity index (χ1n) is 6.40. The Morgan fingerprint density at radius 1 is 1.28 bits per heavy atom. The molecule has 5 N–H and O–H groups in total. The number of halogens is 1. The minimum Gasteiger partial charge on any atom is -0.508 e. The summed E-state index contributed by atoms with van der Waals surface area (Å²) in [5.74, 6) is 0.767. The van der Waals surface area contributed by atoms with Gasteiger partial charge in [-0.25, -0.2) is 5.43 Å². The molecular weight excluding hydrogens is 250 g/mol. The van der Waals surface area contributed by atoms with Crippen LogP contribution in [-0.2, 0) is 0 Å². The van der Waals surface area contributed by atoms with Gasteiger partial charge in [0, 0.05) is 22.7 Å². The third-order valence-corrected chi connectivity index (χ3v) is 4.36. The van der Waals surface area contributed by atoms with Crippen molar-refractivity contribution in [2.45, 2.75) is 37.4 Å². The van der Waals surface area contributed by atoms with Gasteiger partial charge in [0.2, 0.25) is 0 Å². The summed E-state index contributed by atoms with van der Waals surface area (Å²) in [6, 6.07) is 5.98. The van der Waals surface area contributed by atoms with Crippen LogP contribution in [-0.4, -0.2) is 17.2 Å². The smallest absolute Gasteiger partial charge is 0.120 e. The first kappa shape index (κ1) is 12.2. The molecule has 1 aromatic rings. The maximum absolute atomic E-state index is 9.99. The van der Waals surface area contributed by atoms with Crippen LogP contribution in [0.4, 0.5) is 0 Å². The van der Waals surface area contributed by atoms with Crippen LogP contribution in [0, 0.1) is 5.92 Å². The van der Waals surface area contributed by atoms with Crippen molar-refractivity contribution in [3.63, 3.8) is 0 Å². The van der Waals surface area contributed by atoms with Gasteiger partial charge in [0.1, 0.15) is 5.75 Å². The van der Waals surface area contributed by atoms with E-state index in [0.717, 1.165) is 24.8 Å². The Kier molecular flexibility index (Phi) is 3.20. The van der Waals surface area contributed by atoms with Crippen molar-refractivity contribution >= 4 is 11.6 Å². The molecule has 1 aliphatic carbocycles. The molecule has 4 unspecified atom stereocenters. The van der Waals surface area contributed by atoms with E-state index in [1.807, 2.05) is 6.07 Å². The molecule has 2 aliphatic rings. The number of hydrazine groups is 1. The number of rotatable bonds is 1. The molecular formula is C13H18ClN3O. The van der Waals surface area contributed by atoms with E-state index in [0.29, 0.717) is 22.7 Å². The lowest BCUT2D eigenvalue weighted by Gasteiger charge is -2.31. The highest BCUT2D eigenvalue weighted by Crippen LogP contribution is 2.40. The first-order valence-corrected chi connectivity index (χ1v) is 6.78. The van der Waals surface area contributed by atoms with Crippen LogP contribution in [0.15, 0.2) is 18.2 Å². The van der Waals surface area contributed by atoms with E-state index < -0.39 is 0 Å². The molecule has 4 nitrogen and oxygen atoms in total. The Hall–Kier alpha value is -0.810. The summed E-state index contributed by atoms with van der Waals surface area (Å²) < 4.78 is 0. The highest BCUT2D eigenvalue weighted by atomic mass is 35.5. The minimum atomic E-state index is 0.112. The fraction of sp³-hybridized carbons (Fsp3) is 0.538. The number of nitrogens with one attached hydrogen (secondary N) is 2. The van der Waals surface area contributed by atoms with Crippen LogP contribution in [0.1, 0.15) is 30.9 Å². The maximum atomic E-state index is 9.99. The average Bonchev–Trinajstić information content (AvgIpc) is 2.75. The summed E-state index contributed by atoms with van der Waals surface area (Å²) in [5.41, 5.74) is 13.4. The number of phenols is 1. The molecule has 0 bridgehead atoms. The molecule has 5 heteroatoms. The van der Waals surface area contributed by atoms with E-state index in [-0.39, 0.29) is 12.1 Å². The van der Waals surface area contributed by atoms with Crippen LogP contribution in [0.25, 0.3) is 0 Å². The summed E-state index contributed by atoms with van der Waals surface area (Å²) in [6.07, 6.45) is 3.10. The zero-order valence-electron chi connectivity index (χ0n) is 10.1. The molecule has 4 atom stereocenters. The lowest BCUT2D eigenvalue weighted by atomic mass is 9.78. The molecule has 3 rings (SSSR count). The van der Waals surface area contributed by atoms with E-state index in [1.54, 1.807) is 12.1 Å². The maximum Gasteiger partial charge on any atom is 0.120 e. The molecule has 2 fully saturated rings. The molecule has 18 heavy (non-hydrogen) atoms. The van der Waals surface area contributed by atoms with Crippen molar-refractivity contribution in [3.05, 3.63) is 28.8 Å². The minimum absolute atomic E-state index is 0.112. The van der Waals surface area contributed by atoms with Gasteiger partial charge in [-0.3, -0.25) is 5.43 Å². The second-order valence-electron chi connectivity index (χ2n) is 5.31. The van der Waals surface area contributed by atoms with Gasteiger partial charge in [-0.15, -0.1) is 0 Å². The summed E-state index contributed by atoms with van der Waals surface area (Å²) in [7, 11) is 0. The van der Waals surface area contributed by atoms with E-state index in [9.17, 15) is 5.11 Å². The van der Waals surface area contributed by atoms with E-state index in [2.05, 4.69) is 10.9 Å². The number of benzene rings is 1. The number of phenolic OH excluding ortho intramolecular Hbond substituents is 1. The fourth-order valence-electron chi connectivity index (χ4n) is 3.18. The van der Waals surface area contributed by atoms with Crippen LogP contribution in [0.5, 0.6) is 5.75 Å². The van der Waals surface area contributed by atoms with Crippen molar-refractivity contribution in [2.75, 3.05) is 0 Å². The van der Waals surface area contributed by atoms with Crippen molar-refractivity contribution in [3.8, 4) is 5.75 Å². The largest absolute Gasteiger partial charge is 0.508 e. The van der Waals surface area contributed by atoms with Crippen molar-refractivity contribution < 1.29 is 5.11 Å². The van der Waals surface area contributed by atoms with Crippen molar-refractivity contribution in [1.82, 2.24) is 10.9 Å². The van der Waals surface area contributed by atoms with Gasteiger partial charge in [-0.05, 0) is 43.4 Å². The van der Waals surface area contributed by atoms with E-state index in [4.69, 9.17) is 17.3 Å². The van der Waals surface area contributed by atoms with Gasteiger partial charge < -0.3 is 10.8 Å². The van der Waals surface area contributed by atoms with E-state index in [1.165, 1.54) is 0 Å². The van der Waals surface area contributed by atoms with Gasteiger partial charge in [0.25, 0.3) is 0 Å². The monoisotopic (exact) mass is 267 g/mol. The lowest BCUT2D eigenvalue weighted by molar-refractivity contribution is 0.279. The highest BCUT2D eigenvalue weighted by molar-refractivity contribution is 6.30. The number of hydrogen-bond donors (Lipinski definition) is 4. The Morgan fingerprint density at radius 3 is 2.94 bits per heavy atom. The molecule has 1 heterocycles. The Labute approximate surface area is 111 Å². The normalized spacial score (nSPS) is 35.4. The first-order chi connectivity index (χ1) is 8.65. The molecule has 98 valence electrons. The van der Waals surface area contributed by atoms with Gasteiger partial charge in [-0.1, -0.05) is 11.6 Å². The zero-order chi connectivity index (χ0) is 12.7. The molecule has 0 amide bonds. The Morgan fingerprint density at radius 2 is 2.11 bits per heavy atom. The number of fused-ring (bicyclic) bond motifs is 1. The van der Waals surface area contributed by atoms with Crippen LogP contribution in [0.2, 0.25) is 5.02 Å². The second-order valence-corrected chi connectivity index (χ2v) is 5.75. The number of nitrogens with two attached hydrogens (primary N) is 1. The zero-order valence-corrected chi connectivity index (χ0v) is 10.8. The molecule has 1 aliphatic heterocycles. The summed E-state index contributed by atoms with van der Waals surface area (Å²) in [6.45, 7) is 0. The van der Waals surface area contributed by atoms with Gasteiger partial charge in [0.05, 0.1) is 6.04 Å². The van der Waals surface area contributed by atoms with Crippen molar-refractivity contribution in [1.29, 1.82) is 0 Å². The molecule has 0 spiro atoms. The summed E-state index contributed by atoms with van der Waals surface area (Å²) in [5, 5.41) is 10.6. The second kappa shape index (κ2) is 4.70. The Balaban J connectivity index is 1.87. The van der Waals surface area contributed by atoms with Crippen LogP contribution in [0.3, 0.4) is 0 Å². The predicted molar refractivity (Wildman–Crippen MR) is 71.2 cm³/mol. The number of hydrogen-bond acceptors (Lipinski definition) is 4. The predicted octanol–water partition coefficient (Wildman–Crippen LogP) is 1.69. The highest BCUT2D eigenvalue weighted by Gasteiger charge is 2.40. The van der Waals surface area contributed by atoms with Crippen LogP contribution >= 0.6 is 11.6 Å². The van der Waals surface area contributed by atoms with Crippen LogP contribution < -0.4 is 16.6 Å². The summed E-state index contributed by atoms with van der Waals surface area (Å²) >= 11 is 6.01. The van der Waals surface area contributed by atoms with Gasteiger partial charge >= 0.3 is 0 Å². The lowest BCUT2D eigenvalue weighted by Crippen LogP contribution is -2.41. The molecule has 0 aromatic heterocycles. The topological polar surface area (TPSA) is 70.3 Å². The molecule has 1 saturated carbocycles. The number of aromatic hydroxyl groups is 1. The average molecular weight is 268 g/mol. The molecule has 1 saturated heterocycles. The van der Waals surface area contributed by atoms with Crippen molar-refractivity contribution in [2.24, 2.45) is 11.7 Å². The molecule has 1 aromatic carbocycles. The summed E-state index contributed by atoms with van der Waals surface area (Å²) in [4.78, 5) is 0. The fourth-order valence-corrected chi connectivity index (χ4v) is 3.36. The van der Waals surface area contributed by atoms with E-state index >= 15 is 0 Å². The SMILES string of the molecule is NC1CCC2C(C1)NNC2c1cc(Cl)ccc1O. The molecule has 0 radical (unpaired) electrons. The Bertz CT molecular complexity index is 454. The van der Waals surface area contributed by atoms with Gasteiger partial charge in [0.15, 0.2) is 0 Å². The third kappa shape index (κ3) is 2.10.